The van der Waals surface area contributed by atoms with Crippen LogP contribution in [0.15, 0.2) is 33.6 Å². The number of rotatable bonds is 5. The molecule has 1 atom stereocenters. The third-order valence-electron chi connectivity index (χ3n) is 3.47. The number of aliphatic carboxylic acids is 1. The van der Waals surface area contributed by atoms with Crippen molar-refractivity contribution in [3.8, 4) is 0 Å². The molecule has 1 saturated heterocycles. The van der Waals surface area contributed by atoms with Gasteiger partial charge in [0, 0.05) is 11.0 Å². The molecule has 0 radical (unpaired) electrons. The molecule has 0 bridgehead atoms. The van der Waals surface area contributed by atoms with E-state index >= 15 is 0 Å². The average molecular weight is 362 g/mol. The summed E-state index contributed by atoms with van der Waals surface area (Å²) < 4.78 is 25.2. The number of benzene rings is 1. The van der Waals surface area contributed by atoms with Gasteiger partial charge in [-0.05, 0) is 43.7 Å². The number of carboxylic acid groups (broad SMARTS) is 1. The predicted octanol–water partition coefficient (Wildman–Crippen LogP) is 1.77. The lowest BCUT2D eigenvalue weighted by Gasteiger charge is -2.20. The lowest BCUT2D eigenvalue weighted by atomic mass is 10.2. The van der Waals surface area contributed by atoms with Gasteiger partial charge in [-0.2, -0.15) is 0 Å². The van der Waals surface area contributed by atoms with E-state index in [4.69, 9.17) is 5.11 Å². The van der Waals surface area contributed by atoms with Crippen LogP contribution in [0.25, 0.3) is 0 Å². The Bertz CT molecular complexity index is 585. The first kappa shape index (κ1) is 15.5. The van der Waals surface area contributed by atoms with Crippen LogP contribution >= 0.6 is 15.9 Å². The maximum Gasteiger partial charge on any atom is 0.320 e. The number of likely N-dealkylation sites (tertiary alicyclic amines) is 1. The highest BCUT2D eigenvalue weighted by Crippen LogP contribution is 2.19. The summed E-state index contributed by atoms with van der Waals surface area (Å²) in [5.41, 5.74) is 0. The number of nitrogens with zero attached hydrogens (tertiary/aromatic N) is 1. The Morgan fingerprint density at radius 1 is 1.35 bits per heavy atom. The minimum Gasteiger partial charge on any atom is -0.480 e. The van der Waals surface area contributed by atoms with Crippen LogP contribution in [0.3, 0.4) is 0 Å². The highest BCUT2D eigenvalue weighted by molar-refractivity contribution is 9.10. The molecule has 7 heteroatoms. The molecule has 20 heavy (non-hydrogen) atoms. The maximum absolute atomic E-state index is 12.2. The largest absolute Gasteiger partial charge is 0.480 e. The standard InChI is InChI=1S/C13H16BrNO4S/c14-10-3-5-11(6-4-10)20(18,19)9-8-15-7-1-2-12(15)13(16)17/h3-6,12H,1-2,7-9H2,(H,16,17)/t12-/m0/s1. The Labute approximate surface area is 126 Å². The number of halogens is 1. The van der Waals surface area contributed by atoms with Gasteiger partial charge in [-0.15, -0.1) is 0 Å². The van der Waals surface area contributed by atoms with Crippen molar-refractivity contribution in [3.05, 3.63) is 28.7 Å². The molecule has 1 N–H and O–H groups in total. The van der Waals surface area contributed by atoms with E-state index in [-0.39, 0.29) is 17.2 Å². The fourth-order valence-electron chi connectivity index (χ4n) is 2.37. The van der Waals surface area contributed by atoms with E-state index in [2.05, 4.69) is 15.9 Å². The van der Waals surface area contributed by atoms with Crippen molar-refractivity contribution in [2.75, 3.05) is 18.8 Å². The second-order valence-electron chi connectivity index (χ2n) is 4.81. The summed E-state index contributed by atoms with van der Waals surface area (Å²) in [5, 5.41) is 9.06. The first-order valence-corrected chi connectivity index (χ1v) is 8.80. The average Bonchev–Trinajstić information content (AvgIpc) is 2.85. The van der Waals surface area contributed by atoms with Gasteiger partial charge >= 0.3 is 5.97 Å². The molecule has 0 aromatic heterocycles. The van der Waals surface area contributed by atoms with E-state index in [0.29, 0.717) is 13.0 Å². The van der Waals surface area contributed by atoms with Crippen molar-refractivity contribution in [1.82, 2.24) is 4.90 Å². The summed E-state index contributed by atoms with van der Waals surface area (Å²) in [6, 6.07) is 5.93. The molecular formula is C13H16BrNO4S. The third kappa shape index (κ3) is 3.59. The zero-order valence-corrected chi connectivity index (χ0v) is 13.2. The van der Waals surface area contributed by atoms with Crippen LogP contribution in [0.5, 0.6) is 0 Å². The lowest BCUT2D eigenvalue weighted by molar-refractivity contribution is -0.142. The second-order valence-corrected chi connectivity index (χ2v) is 7.83. The summed E-state index contributed by atoms with van der Waals surface area (Å²) in [5.74, 6) is -0.929. The maximum atomic E-state index is 12.2. The SMILES string of the molecule is O=C(O)[C@@H]1CCCN1CCS(=O)(=O)c1ccc(Br)cc1. The Kier molecular flexibility index (Phi) is 4.82. The van der Waals surface area contributed by atoms with Crippen molar-refractivity contribution < 1.29 is 18.3 Å². The van der Waals surface area contributed by atoms with E-state index in [1.807, 2.05) is 0 Å². The van der Waals surface area contributed by atoms with Crippen molar-refractivity contribution in [2.24, 2.45) is 0 Å². The molecule has 1 aromatic rings. The van der Waals surface area contributed by atoms with Gasteiger partial charge in [0.25, 0.3) is 0 Å². The summed E-state index contributed by atoms with van der Waals surface area (Å²) in [6.07, 6.45) is 1.39. The van der Waals surface area contributed by atoms with Crippen LogP contribution in [0, 0.1) is 0 Å². The zero-order chi connectivity index (χ0) is 14.8. The molecule has 0 unspecified atom stereocenters. The van der Waals surface area contributed by atoms with E-state index < -0.39 is 21.8 Å². The van der Waals surface area contributed by atoms with Crippen molar-refractivity contribution >= 4 is 31.7 Å². The molecule has 1 aliphatic rings. The number of hydrogen-bond acceptors (Lipinski definition) is 4. The first-order chi connectivity index (χ1) is 9.40. The van der Waals surface area contributed by atoms with Gasteiger partial charge in [0.15, 0.2) is 9.84 Å². The number of carboxylic acids is 1. The van der Waals surface area contributed by atoms with Gasteiger partial charge in [-0.25, -0.2) is 8.42 Å². The zero-order valence-electron chi connectivity index (χ0n) is 10.8. The van der Waals surface area contributed by atoms with E-state index in [0.717, 1.165) is 10.9 Å². The molecule has 1 aromatic carbocycles. The summed E-state index contributed by atoms with van der Waals surface area (Å²) in [6.45, 7) is 0.905. The van der Waals surface area contributed by atoms with Gasteiger partial charge < -0.3 is 5.11 Å². The van der Waals surface area contributed by atoms with E-state index in [1.54, 1.807) is 29.2 Å². The van der Waals surface area contributed by atoms with Crippen LogP contribution in [0.2, 0.25) is 0 Å². The topological polar surface area (TPSA) is 74.7 Å². The number of carbonyl (C=O) groups is 1. The fourth-order valence-corrected chi connectivity index (χ4v) is 3.90. The summed E-state index contributed by atoms with van der Waals surface area (Å²) in [7, 11) is -3.37. The minimum atomic E-state index is -3.37. The van der Waals surface area contributed by atoms with Gasteiger partial charge in [0.2, 0.25) is 0 Å². The number of hydrogen-bond donors (Lipinski definition) is 1. The summed E-state index contributed by atoms with van der Waals surface area (Å²) in [4.78, 5) is 13.1. The Morgan fingerprint density at radius 2 is 2.00 bits per heavy atom. The molecule has 0 saturated carbocycles. The predicted molar refractivity (Wildman–Crippen MR) is 78.4 cm³/mol. The second kappa shape index (κ2) is 6.24. The Morgan fingerprint density at radius 3 is 2.60 bits per heavy atom. The van der Waals surface area contributed by atoms with Crippen LogP contribution < -0.4 is 0 Å². The molecule has 0 aliphatic carbocycles. The molecule has 110 valence electrons. The Balaban J connectivity index is 2.02. The molecule has 2 rings (SSSR count). The molecule has 1 fully saturated rings. The minimum absolute atomic E-state index is 0.0571. The van der Waals surface area contributed by atoms with Crippen LogP contribution in [0.4, 0.5) is 0 Å². The third-order valence-corrected chi connectivity index (χ3v) is 5.71. The normalized spacial score (nSPS) is 20.1. The van der Waals surface area contributed by atoms with Crippen LogP contribution in [0.1, 0.15) is 12.8 Å². The Hall–Kier alpha value is -0.920. The highest BCUT2D eigenvalue weighted by atomic mass is 79.9. The van der Waals surface area contributed by atoms with Gasteiger partial charge in [-0.3, -0.25) is 9.69 Å². The van der Waals surface area contributed by atoms with Crippen molar-refractivity contribution in [3.63, 3.8) is 0 Å². The van der Waals surface area contributed by atoms with Crippen molar-refractivity contribution in [1.29, 1.82) is 0 Å². The van der Waals surface area contributed by atoms with E-state index in [9.17, 15) is 13.2 Å². The smallest absolute Gasteiger partial charge is 0.320 e. The van der Waals surface area contributed by atoms with Crippen LogP contribution in [-0.2, 0) is 14.6 Å². The number of sulfone groups is 1. The van der Waals surface area contributed by atoms with Crippen LogP contribution in [-0.4, -0.2) is 49.3 Å². The molecule has 1 heterocycles. The van der Waals surface area contributed by atoms with Crippen molar-refractivity contribution in [2.45, 2.75) is 23.8 Å². The quantitative estimate of drug-likeness (QED) is 0.864. The molecule has 1 aliphatic heterocycles. The molecule has 0 spiro atoms. The van der Waals surface area contributed by atoms with E-state index in [1.165, 1.54) is 0 Å². The molecular weight excluding hydrogens is 346 g/mol. The summed E-state index contributed by atoms with van der Waals surface area (Å²) >= 11 is 3.26. The fraction of sp³-hybridized carbons (Fsp3) is 0.462. The van der Waals surface area contributed by atoms with Gasteiger partial charge in [0.05, 0.1) is 10.6 Å². The lowest BCUT2D eigenvalue weighted by Crippen LogP contribution is -2.38. The molecule has 5 nitrogen and oxygen atoms in total. The van der Waals surface area contributed by atoms with Gasteiger partial charge in [-0.1, -0.05) is 15.9 Å². The first-order valence-electron chi connectivity index (χ1n) is 6.35. The monoisotopic (exact) mass is 361 g/mol. The molecule has 0 amide bonds. The highest BCUT2D eigenvalue weighted by Gasteiger charge is 2.31. The van der Waals surface area contributed by atoms with Gasteiger partial charge in [0.1, 0.15) is 6.04 Å².